The Morgan fingerprint density at radius 3 is 2.54 bits per heavy atom. The van der Waals surface area contributed by atoms with Gasteiger partial charge in [-0.3, -0.25) is 10.1 Å². The first kappa shape index (κ1) is 17.8. The molecule has 0 amide bonds. The summed E-state index contributed by atoms with van der Waals surface area (Å²) in [6.45, 7) is 6.27. The van der Waals surface area contributed by atoms with Gasteiger partial charge < -0.3 is 9.64 Å². The second-order valence-corrected chi connectivity index (χ2v) is 6.26. The van der Waals surface area contributed by atoms with Gasteiger partial charge in [-0.15, -0.1) is 0 Å². The average Bonchev–Trinajstić information content (AvgIpc) is 3.00. The molecule has 2 atom stereocenters. The molecule has 2 aromatic rings. The van der Waals surface area contributed by atoms with Gasteiger partial charge in [0.05, 0.1) is 17.2 Å². The third-order valence-corrected chi connectivity index (χ3v) is 4.63. The lowest BCUT2D eigenvalue weighted by Gasteiger charge is -2.45. The first-order valence-electron chi connectivity index (χ1n) is 8.32. The molecule has 0 radical (unpaired) electrons. The highest BCUT2D eigenvalue weighted by molar-refractivity contribution is 5.95. The number of carbonyl (C=O) groups is 1. The molecule has 26 heavy (non-hydrogen) atoms. The van der Waals surface area contributed by atoms with E-state index >= 15 is 0 Å². The van der Waals surface area contributed by atoms with E-state index in [2.05, 4.69) is 5.10 Å². The molecule has 1 fully saturated rings. The Balaban J connectivity index is 2.21. The van der Waals surface area contributed by atoms with Crippen LogP contribution in [0.5, 0.6) is 0 Å². The average molecular weight is 362 g/mol. The number of hydrogen-bond donors (Lipinski definition) is 0. The van der Waals surface area contributed by atoms with Gasteiger partial charge in [0.1, 0.15) is 5.82 Å². The van der Waals surface area contributed by atoms with Crippen molar-refractivity contribution in [2.45, 2.75) is 26.8 Å². The minimum absolute atomic E-state index is 0.0413. The van der Waals surface area contributed by atoms with Crippen LogP contribution in [0.3, 0.4) is 0 Å². The Hall–Kier alpha value is -2.97. The Morgan fingerprint density at radius 1 is 1.38 bits per heavy atom. The van der Waals surface area contributed by atoms with Gasteiger partial charge in [-0.1, -0.05) is 6.92 Å². The van der Waals surface area contributed by atoms with E-state index in [1.54, 1.807) is 6.92 Å². The molecule has 0 spiro atoms. The van der Waals surface area contributed by atoms with E-state index in [4.69, 9.17) is 4.74 Å². The van der Waals surface area contributed by atoms with E-state index in [0.717, 1.165) is 0 Å². The number of hydrogen-bond acceptors (Lipinski definition) is 6. The Labute approximate surface area is 149 Å². The second-order valence-electron chi connectivity index (χ2n) is 6.26. The van der Waals surface area contributed by atoms with Crippen molar-refractivity contribution in [2.24, 2.45) is 5.92 Å². The molecule has 1 aromatic carbocycles. The van der Waals surface area contributed by atoms with E-state index in [-0.39, 0.29) is 24.2 Å². The summed E-state index contributed by atoms with van der Waals surface area (Å²) in [5.74, 6) is -0.747. The van der Waals surface area contributed by atoms with Crippen LogP contribution in [0.4, 0.5) is 15.9 Å². The molecule has 1 saturated heterocycles. The van der Waals surface area contributed by atoms with Crippen molar-refractivity contribution >= 4 is 17.5 Å². The van der Waals surface area contributed by atoms with Gasteiger partial charge in [-0.05, 0) is 44.0 Å². The van der Waals surface area contributed by atoms with E-state index in [9.17, 15) is 19.3 Å². The molecule has 1 aliphatic rings. The SMILES string of the molecule is CCOC(=O)c1nn(-c2ccc(F)cc2)c(N2CC(C)C2C)c1[N+](=O)[O-]. The quantitative estimate of drug-likeness (QED) is 0.461. The third-order valence-electron chi connectivity index (χ3n) is 4.63. The monoisotopic (exact) mass is 362 g/mol. The standard InChI is InChI=1S/C17H19FN4O4/c1-4-26-17(23)14-15(22(24)25)16(20-9-10(2)11(20)3)21(19-14)13-7-5-12(18)6-8-13/h5-8,10-11H,4,9H2,1-3H3. The maximum atomic E-state index is 13.3. The number of esters is 1. The number of nitro groups is 1. The van der Waals surface area contributed by atoms with E-state index < -0.39 is 22.4 Å². The predicted octanol–water partition coefficient (Wildman–Crippen LogP) is 2.94. The number of aromatic nitrogens is 2. The topological polar surface area (TPSA) is 90.5 Å². The fraction of sp³-hybridized carbons (Fsp3) is 0.412. The smallest absolute Gasteiger partial charge is 0.366 e. The first-order chi connectivity index (χ1) is 12.3. The van der Waals surface area contributed by atoms with Crippen LogP contribution >= 0.6 is 0 Å². The zero-order valence-electron chi connectivity index (χ0n) is 14.7. The zero-order chi connectivity index (χ0) is 19.0. The number of ether oxygens (including phenoxy) is 1. The molecule has 3 rings (SSSR count). The van der Waals surface area contributed by atoms with Crippen LogP contribution in [0, 0.1) is 21.8 Å². The largest absolute Gasteiger partial charge is 0.461 e. The summed E-state index contributed by atoms with van der Waals surface area (Å²) < 4.78 is 19.5. The number of halogens is 1. The van der Waals surface area contributed by atoms with Crippen molar-refractivity contribution in [1.82, 2.24) is 9.78 Å². The van der Waals surface area contributed by atoms with Crippen LogP contribution in [0.15, 0.2) is 24.3 Å². The molecule has 0 N–H and O–H groups in total. The summed E-state index contributed by atoms with van der Waals surface area (Å²) in [6.07, 6.45) is 0. The van der Waals surface area contributed by atoms with Crippen molar-refractivity contribution in [3.8, 4) is 5.69 Å². The minimum atomic E-state index is -0.859. The molecule has 0 saturated carbocycles. The number of anilines is 1. The van der Waals surface area contributed by atoms with Crippen LogP contribution in [-0.2, 0) is 4.74 Å². The van der Waals surface area contributed by atoms with Crippen molar-refractivity contribution in [3.63, 3.8) is 0 Å². The normalized spacial score (nSPS) is 19.2. The molecule has 138 valence electrons. The van der Waals surface area contributed by atoms with Crippen LogP contribution < -0.4 is 4.90 Å². The first-order valence-corrected chi connectivity index (χ1v) is 8.32. The van der Waals surface area contributed by atoms with Gasteiger partial charge in [-0.2, -0.15) is 5.10 Å². The lowest BCUT2D eigenvalue weighted by molar-refractivity contribution is -0.384. The second kappa shape index (κ2) is 6.74. The van der Waals surface area contributed by atoms with Crippen LogP contribution in [0.2, 0.25) is 0 Å². The molecule has 1 aromatic heterocycles. The Morgan fingerprint density at radius 2 is 2.04 bits per heavy atom. The highest BCUT2D eigenvalue weighted by Crippen LogP contribution is 2.40. The fourth-order valence-electron chi connectivity index (χ4n) is 3.00. The van der Waals surface area contributed by atoms with Gasteiger partial charge in [0, 0.05) is 12.6 Å². The molecule has 2 unspecified atom stereocenters. The molecular weight excluding hydrogens is 343 g/mol. The summed E-state index contributed by atoms with van der Waals surface area (Å²) in [6, 6.07) is 5.42. The van der Waals surface area contributed by atoms with Gasteiger partial charge in [-0.25, -0.2) is 13.9 Å². The highest BCUT2D eigenvalue weighted by atomic mass is 19.1. The molecule has 8 nitrogen and oxygen atoms in total. The van der Waals surface area contributed by atoms with Crippen molar-refractivity contribution in [2.75, 3.05) is 18.1 Å². The lowest BCUT2D eigenvalue weighted by atomic mass is 9.92. The predicted molar refractivity (Wildman–Crippen MR) is 92.1 cm³/mol. The maximum Gasteiger partial charge on any atom is 0.366 e. The Kier molecular flexibility index (Phi) is 4.62. The minimum Gasteiger partial charge on any atom is -0.461 e. The molecule has 2 heterocycles. The maximum absolute atomic E-state index is 13.3. The molecule has 9 heteroatoms. The van der Waals surface area contributed by atoms with Crippen molar-refractivity contribution < 1.29 is 18.8 Å². The number of carbonyl (C=O) groups excluding carboxylic acids is 1. The van der Waals surface area contributed by atoms with Crippen molar-refractivity contribution in [1.29, 1.82) is 0 Å². The Bertz CT molecular complexity index is 849. The van der Waals surface area contributed by atoms with Gasteiger partial charge in [0.2, 0.25) is 11.5 Å². The van der Waals surface area contributed by atoms with Gasteiger partial charge >= 0.3 is 11.7 Å². The summed E-state index contributed by atoms with van der Waals surface area (Å²) in [7, 11) is 0. The van der Waals surface area contributed by atoms with Gasteiger partial charge in [0.15, 0.2) is 0 Å². The zero-order valence-corrected chi connectivity index (χ0v) is 14.7. The number of rotatable bonds is 5. The summed E-state index contributed by atoms with van der Waals surface area (Å²) in [4.78, 5) is 25.2. The van der Waals surface area contributed by atoms with Crippen LogP contribution in [-0.4, -0.2) is 39.9 Å². The van der Waals surface area contributed by atoms with E-state index in [0.29, 0.717) is 18.2 Å². The van der Waals surface area contributed by atoms with Crippen molar-refractivity contribution in [3.05, 3.63) is 45.9 Å². The summed E-state index contributed by atoms with van der Waals surface area (Å²) in [5.41, 5.74) is -0.332. The summed E-state index contributed by atoms with van der Waals surface area (Å²) >= 11 is 0. The highest BCUT2D eigenvalue weighted by Gasteiger charge is 2.43. The molecule has 0 bridgehead atoms. The number of benzene rings is 1. The molecule has 1 aliphatic heterocycles. The summed E-state index contributed by atoms with van der Waals surface area (Å²) in [5, 5.41) is 15.9. The van der Waals surface area contributed by atoms with Gasteiger partial charge in [0.25, 0.3) is 0 Å². The number of nitrogens with zero attached hydrogens (tertiary/aromatic N) is 4. The van der Waals surface area contributed by atoms with E-state index in [1.807, 2.05) is 18.7 Å². The third kappa shape index (κ3) is 2.89. The lowest BCUT2D eigenvalue weighted by Crippen LogP contribution is -2.54. The van der Waals surface area contributed by atoms with E-state index in [1.165, 1.54) is 28.9 Å². The molecule has 0 aliphatic carbocycles. The fourth-order valence-corrected chi connectivity index (χ4v) is 3.00. The van der Waals surface area contributed by atoms with Crippen LogP contribution in [0.1, 0.15) is 31.3 Å². The molecular formula is C17H19FN4O4. The van der Waals surface area contributed by atoms with Crippen LogP contribution in [0.25, 0.3) is 5.69 Å².